The Morgan fingerprint density at radius 1 is 1.06 bits per heavy atom. The van der Waals surface area contributed by atoms with Gasteiger partial charge in [0.1, 0.15) is 7.05 Å². The number of pyridine rings is 1. The van der Waals surface area contributed by atoms with Gasteiger partial charge in [-0.3, -0.25) is 4.79 Å². The van der Waals surface area contributed by atoms with E-state index in [0.717, 1.165) is 49.8 Å². The maximum Gasteiger partial charge on any atom is 0.254 e. The van der Waals surface area contributed by atoms with Crippen molar-refractivity contribution in [1.29, 1.82) is 0 Å². The number of H-pyrrole nitrogens is 2. The zero-order chi connectivity index (χ0) is 22.2. The number of aryl methyl sites for hydroxylation is 1. The van der Waals surface area contributed by atoms with E-state index in [0.29, 0.717) is 17.1 Å². The molecule has 0 radical (unpaired) electrons. The predicted octanol–water partition coefficient (Wildman–Crippen LogP) is 5.53. The smallest absolute Gasteiger partial charge is 0.254 e. The van der Waals surface area contributed by atoms with Crippen molar-refractivity contribution in [2.45, 2.75) is 6.42 Å². The number of benzene rings is 2. The van der Waals surface area contributed by atoms with E-state index in [1.807, 2.05) is 67.8 Å². The third kappa shape index (κ3) is 3.92. The van der Waals surface area contributed by atoms with E-state index in [9.17, 15) is 4.79 Å². The van der Waals surface area contributed by atoms with Crippen LogP contribution in [0.15, 0.2) is 71.3 Å². The predicted molar refractivity (Wildman–Crippen MR) is 132 cm³/mol. The minimum Gasteiger partial charge on any atom is -0.353 e. The number of hydrogen-bond donors (Lipinski definition) is 3. The molecule has 32 heavy (non-hydrogen) atoms. The lowest BCUT2D eigenvalue weighted by Crippen LogP contribution is -2.35. The Kier molecular flexibility index (Phi) is 5.49. The monoisotopic (exact) mass is 507 g/mol. The van der Waals surface area contributed by atoms with Gasteiger partial charge in [0.2, 0.25) is 0 Å². The summed E-state index contributed by atoms with van der Waals surface area (Å²) in [5.41, 5.74) is 5.24. The van der Waals surface area contributed by atoms with Crippen molar-refractivity contribution >= 4 is 55.2 Å². The van der Waals surface area contributed by atoms with Gasteiger partial charge < -0.3 is 15.3 Å². The van der Waals surface area contributed by atoms with E-state index < -0.39 is 0 Å². The molecule has 3 N–H and O–H groups in total. The second kappa shape index (κ2) is 8.45. The fourth-order valence-electron chi connectivity index (χ4n) is 4.06. The quantitative estimate of drug-likeness (QED) is 0.269. The number of aromatic amines is 2. The Labute approximate surface area is 198 Å². The van der Waals surface area contributed by atoms with Gasteiger partial charge in [0, 0.05) is 56.4 Å². The fraction of sp³-hybridized carbons (Fsp3) is 0.120. The summed E-state index contributed by atoms with van der Waals surface area (Å²) >= 11 is 9.69. The molecule has 0 saturated carbocycles. The zero-order valence-corrected chi connectivity index (χ0v) is 19.7. The summed E-state index contributed by atoms with van der Waals surface area (Å²) in [6.07, 6.45) is 2.76. The van der Waals surface area contributed by atoms with Crippen LogP contribution in [0, 0.1) is 0 Å². The normalized spacial score (nSPS) is 11.3. The van der Waals surface area contributed by atoms with Gasteiger partial charge in [0.05, 0.1) is 17.0 Å². The molecule has 5 rings (SSSR count). The molecule has 0 saturated heterocycles. The first-order chi connectivity index (χ1) is 15.5. The molecule has 7 heteroatoms. The minimum atomic E-state index is -0.108. The van der Waals surface area contributed by atoms with E-state index in [4.69, 9.17) is 11.6 Å². The maximum atomic E-state index is 13.4. The van der Waals surface area contributed by atoms with Crippen LogP contribution in [0.5, 0.6) is 0 Å². The highest BCUT2D eigenvalue weighted by molar-refractivity contribution is 9.10. The molecule has 5 aromatic rings. The van der Waals surface area contributed by atoms with Crippen LogP contribution in [-0.2, 0) is 13.5 Å². The van der Waals surface area contributed by atoms with Crippen molar-refractivity contribution in [2.75, 3.05) is 6.54 Å². The van der Waals surface area contributed by atoms with Crippen LogP contribution in [0.25, 0.3) is 33.2 Å². The molecule has 0 spiro atoms. The Hall–Kier alpha value is -3.09. The van der Waals surface area contributed by atoms with E-state index in [1.165, 1.54) is 0 Å². The molecule has 1 amide bonds. The summed E-state index contributed by atoms with van der Waals surface area (Å²) in [4.78, 5) is 20.2. The molecule has 0 fully saturated rings. The summed E-state index contributed by atoms with van der Waals surface area (Å²) in [6, 6.07) is 19.7. The maximum absolute atomic E-state index is 13.4. The first kappa shape index (κ1) is 20.8. The molecular weight excluding hydrogens is 488 g/mol. The van der Waals surface area contributed by atoms with Crippen molar-refractivity contribution in [3.8, 4) is 11.4 Å². The van der Waals surface area contributed by atoms with Crippen LogP contribution in [0.2, 0.25) is 5.02 Å². The van der Waals surface area contributed by atoms with E-state index in [2.05, 4.69) is 41.8 Å². The lowest BCUT2D eigenvalue weighted by Gasteiger charge is -2.06. The molecule has 0 aliphatic carbocycles. The minimum absolute atomic E-state index is 0.108. The number of aromatic nitrogens is 3. The van der Waals surface area contributed by atoms with Gasteiger partial charge in [0.25, 0.3) is 5.91 Å². The fourth-order valence-corrected chi connectivity index (χ4v) is 4.60. The van der Waals surface area contributed by atoms with E-state index in [-0.39, 0.29) is 5.91 Å². The largest absolute Gasteiger partial charge is 0.353 e. The Bertz CT molecular complexity index is 1470. The number of hydrogen-bond acceptors (Lipinski definition) is 1. The Balaban J connectivity index is 1.51. The van der Waals surface area contributed by atoms with Gasteiger partial charge in [-0.25, -0.2) is 4.57 Å². The first-order valence-corrected chi connectivity index (χ1v) is 11.5. The lowest BCUT2D eigenvalue weighted by atomic mass is 10.1. The van der Waals surface area contributed by atoms with Crippen LogP contribution in [-0.4, -0.2) is 22.4 Å². The number of fused-ring (bicyclic) bond motifs is 2. The zero-order valence-electron chi connectivity index (χ0n) is 17.4. The van der Waals surface area contributed by atoms with Crippen LogP contribution >= 0.6 is 27.5 Å². The SMILES string of the molecule is C[n+]1ccccc1CCNC(=O)c1c(-c2cc3cc(Cl)ccc3[nH]2)[nH]c2cc(Br)ccc12. The number of nitrogens with zero attached hydrogens (tertiary/aromatic N) is 1. The standard InChI is InChI=1S/C25H20BrClN4O/c1-31-11-3-2-4-18(31)9-10-28-25(32)23-19-7-5-16(26)14-21(19)30-24(23)22-13-15-12-17(27)6-8-20(15)29-22/h2-8,11-14H,9-10H2,1H3,(H2-,28,29,30,32)/p+1. The number of carbonyl (C=O) groups is 1. The second-order valence-corrected chi connectivity index (χ2v) is 9.14. The molecular formula is C25H21BrClN4O+. The van der Waals surface area contributed by atoms with E-state index >= 15 is 0 Å². The van der Waals surface area contributed by atoms with Gasteiger partial charge in [-0.1, -0.05) is 39.7 Å². The summed E-state index contributed by atoms with van der Waals surface area (Å²) in [5, 5.41) is 5.65. The van der Waals surface area contributed by atoms with Crippen LogP contribution in [0.1, 0.15) is 16.1 Å². The van der Waals surface area contributed by atoms with Gasteiger partial charge in [-0.05, 0) is 36.4 Å². The molecule has 0 aliphatic heterocycles. The van der Waals surface area contributed by atoms with Crippen molar-refractivity contribution in [1.82, 2.24) is 15.3 Å². The summed E-state index contributed by atoms with van der Waals surface area (Å²) < 4.78 is 3.01. The van der Waals surface area contributed by atoms with Crippen LogP contribution < -0.4 is 9.88 Å². The number of halogens is 2. The topological polar surface area (TPSA) is 64.6 Å². The second-order valence-electron chi connectivity index (χ2n) is 7.79. The Morgan fingerprint density at radius 2 is 1.94 bits per heavy atom. The molecule has 3 aromatic heterocycles. The highest BCUT2D eigenvalue weighted by atomic mass is 79.9. The van der Waals surface area contributed by atoms with Crippen molar-refractivity contribution in [3.05, 3.63) is 87.6 Å². The molecule has 0 atom stereocenters. The molecule has 160 valence electrons. The Morgan fingerprint density at radius 3 is 2.78 bits per heavy atom. The van der Waals surface area contributed by atoms with Crippen molar-refractivity contribution in [2.24, 2.45) is 7.05 Å². The highest BCUT2D eigenvalue weighted by Gasteiger charge is 2.21. The summed E-state index contributed by atoms with van der Waals surface area (Å²) in [5.74, 6) is -0.108. The number of rotatable bonds is 5. The third-order valence-electron chi connectivity index (χ3n) is 5.67. The molecule has 2 aromatic carbocycles. The molecule has 5 nitrogen and oxygen atoms in total. The van der Waals surface area contributed by atoms with E-state index in [1.54, 1.807) is 0 Å². The molecule has 3 heterocycles. The average Bonchev–Trinajstić information content (AvgIpc) is 3.35. The highest BCUT2D eigenvalue weighted by Crippen LogP contribution is 2.33. The first-order valence-electron chi connectivity index (χ1n) is 10.3. The van der Waals surface area contributed by atoms with Gasteiger partial charge >= 0.3 is 0 Å². The van der Waals surface area contributed by atoms with Gasteiger partial charge in [-0.15, -0.1) is 0 Å². The molecule has 0 bridgehead atoms. The van der Waals surface area contributed by atoms with Gasteiger partial charge in [0.15, 0.2) is 11.9 Å². The number of carbonyl (C=O) groups excluding carboxylic acids is 1. The van der Waals surface area contributed by atoms with Crippen LogP contribution in [0.3, 0.4) is 0 Å². The number of amides is 1. The number of nitrogens with one attached hydrogen (secondary N) is 3. The molecule has 0 unspecified atom stereocenters. The third-order valence-corrected chi connectivity index (χ3v) is 6.40. The van der Waals surface area contributed by atoms with Crippen LogP contribution in [0.4, 0.5) is 0 Å². The van der Waals surface area contributed by atoms with Crippen molar-refractivity contribution in [3.63, 3.8) is 0 Å². The van der Waals surface area contributed by atoms with Crippen molar-refractivity contribution < 1.29 is 9.36 Å². The summed E-state index contributed by atoms with van der Waals surface area (Å²) in [6.45, 7) is 0.543. The summed E-state index contributed by atoms with van der Waals surface area (Å²) in [7, 11) is 2.01. The van der Waals surface area contributed by atoms with Gasteiger partial charge in [-0.2, -0.15) is 0 Å². The molecule has 0 aliphatic rings. The lowest BCUT2D eigenvalue weighted by molar-refractivity contribution is -0.679. The average molecular weight is 509 g/mol.